The van der Waals surface area contributed by atoms with E-state index < -0.39 is 0 Å². The fourth-order valence-corrected chi connectivity index (χ4v) is 4.35. The van der Waals surface area contributed by atoms with Gasteiger partial charge in [0.1, 0.15) is 5.52 Å². The molecule has 0 atom stereocenters. The van der Waals surface area contributed by atoms with Gasteiger partial charge in [0.15, 0.2) is 5.58 Å². The molecule has 5 heteroatoms. The molecule has 1 amide bonds. The molecule has 2 heterocycles. The molecule has 0 aliphatic carbocycles. The van der Waals surface area contributed by atoms with Crippen LogP contribution in [0.4, 0.5) is 5.69 Å². The van der Waals surface area contributed by atoms with Gasteiger partial charge in [-0.3, -0.25) is 4.79 Å². The molecule has 0 bridgehead atoms. The number of hydrogen-bond acceptors (Lipinski definition) is 3. The summed E-state index contributed by atoms with van der Waals surface area (Å²) in [6, 6.07) is 25.1. The number of carbonyl (C=O) groups is 1. The maximum atomic E-state index is 12.8. The van der Waals surface area contributed by atoms with Crippen molar-refractivity contribution in [2.24, 2.45) is 0 Å². The molecule has 1 aromatic heterocycles. The smallest absolute Gasteiger partial charge is 0.258 e. The number of halogens is 1. The van der Waals surface area contributed by atoms with Crippen molar-refractivity contribution in [3.8, 4) is 11.5 Å². The van der Waals surface area contributed by atoms with E-state index in [4.69, 9.17) is 16.0 Å². The lowest BCUT2D eigenvalue weighted by Crippen LogP contribution is -2.22. The van der Waals surface area contributed by atoms with Crippen molar-refractivity contribution < 1.29 is 9.21 Å². The van der Waals surface area contributed by atoms with Gasteiger partial charge in [0.05, 0.1) is 6.54 Å². The molecule has 5 aromatic rings. The highest BCUT2D eigenvalue weighted by atomic mass is 35.5. The number of benzene rings is 4. The minimum absolute atomic E-state index is 0.00776. The van der Waals surface area contributed by atoms with Gasteiger partial charge in [0, 0.05) is 33.3 Å². The van der Waals surface area contributed by atoms with E-state index in [-0.39, 0.29) is 5.91 Å². The fraction of sp³-hybridized carbons (Fsp3) is 0.0400. The Hall–Kier alpha value is -3.63. The molecule has 0 fully saturated rings. The largest absolute Gasteiger partial charge is 0.436 e. The lowest BCUT2D eigenvalue weighted by Gasteiger charge is -2.15. The maximum Gasteiger partial charge on any atom is 0.258 e. The third kappa shape index (κ3) is 2.54. The Morgan fingerprint density at radius 3 is 2.57 bits per heavy atom. The molecule has 0 saturated carbocycles. The van der Waals surface area contributed by atoms with Crippen LogP contribution in [0.15, 0.2) is 83.3 Å². The molecule has 0 radical (unpaired) electrons. The molecular weight excluding hydrogens is 396 g/mol. The highest BCUT2D eigenvalue weighted by Crippen LogP contribution is 2.35. The molecule has 0 saturated heterocycles. The average Bonchev–Trinajstić information content (AvgIpc) is 3.34. The van der Waals surface area contributed by atoms with E-state index in [0.29, 0.717) is 23.0 Å². The van der Waals surface area contributed by atoms with Crippen LogP contribution in [0.2, 0.25) is 5.02 Å². The van der Waals surface area contributed by atoms with E-state index in [0.717, 1.165) is 38.7 Å². The Balaban J connectivity index is 1.44. The fourth-order valence-electron chi connectivity index (χ4n) is 4.12. The Bertz CT molecular complexity index is 1470. The zero-order valence-corrected chi connectivity index (χ0v) is 16.6. The number of rotatable bonds is 2. The first-order valence-electron chi connectivity index (χ1n) is 9.67. The standard InChI is InChI=1S/C25H15ClN2O2/c26-21-10-4-7-18-19(21)8-3-9-20(18)24-27-22-12-11-16(13-23(22)30-24)28-14-15-5-1-2-6-17(15)25(28)29/h1-13H,14H2. The minimum Gasteiger partial charge on any atom is -0.436 e. The zero-order chi connectivity index (χ0) is 20.2. The number of anilines is 1. The summed E-state index contributed by atoms with van der Waals surface area (Å²) >= 11 is 6.35. The second-order valence-corrected chi connectivity index (χ2v) is 7.77. The van der Waals surface area contributed by atoms with E-state index in [1.54, 1.807) is 4.90 Å². The van der Waals surface area contributed by atoms with Crippen LogP contribution in [0.3, 0.4) is 0 Å². The van der Waals surface area contributed by atoms with Crippen LogP contribution in [0.1, 0.15) is 15.9 Å². The third-order valence-electron chi connectivity index (χ3n) is 5.60. The van der Waals surface area contributed by atoms with E-state index in [1.807, 2.05) is 78.9 Å². The van der Waals surface area contributed by atoms with Gasteiger partial charge in [0.2, 0.25) is 5.89 Å². The molecule has 30 heavy (non-hydrogen) atoms. The highest BCUT2D eigenvalue weighted by Gasteiger charge is 2.28. The van der Waals surface area contributed by atoms with Gasteiger partial charge < -0.3 is 9.32 Å². The van der Waals surface area contributed by atoms with Gasteiger partial charge in [0.25, 0.3) is 5.91 Å². The van der Waals surface area contributed by atoms with Gasteiger partial charge in [-0.2, -0.15) is 0 Å². The molecule has 1 aliphatic rings. The molecule has 0 N–H and O–H groups in total. The van der Waals surface area contributed by atoms with Gasteiger partial charge in [-0.15, -0.1) is 0 Å². The summed E-state index contributed by atoms with van der Waals surface area (Å²) < 4.78 is 6.12. The lowest BCUT2D eigenvalue weighted by molar-refractivity contribution is 0.0996. The van der Waals surface area contributed by atoms with Crippen molar-refractivity contribution in [3.05, 3.63) is 95.0 Å². The van der Waals surface area contributed by atoms with Crippen molar-refractivity contribution in [3.63, 3.8) is 0 Å². The summed E-state index contributed by atoms with van der Waals surface area (Å²) in [6.45, 7) is 0.559. The number of nitrogens with zero attached hydrogens (tertiary/aromatic N) is 2. The van der Waals surface area contributed by atoms with Gasteiger partial charge >= 0.3 is 0 Å². The number of oxazole rings is 1. The number of amides is 1. The van der Waals surface area contributed by atoms with Crippen LogP contribution in [0.25, 0.3) is 33.3 Å². The topological polar surface area (TPSA) is 46.3 Å². The second-order valence-electron chi connectivity index (χ2n) is 7.36. The molecular formula is C25H15ClN2O2. The van der Waals surface area contributed by atoms with Crippen LogP contribution >= 0.6 is 11.6 Å². The summed E-state index contributed by atoms with van der Waals surface area (Å²) in [5.74, 6) is 0.541. The van der Waals surface area contributed by atoms with Crippen molar-refractivity contribution in [1.82, 2.24) is 4.98 Å². The van der Waals surface area contributed by atoms with E-state index in [2.05, 4.69) is 4.98 Å². The van der Waals surface area contributed by atoms with Crippen LogP contribution in [-0.4, -0.2) is 10.9 Å². The first kappa shape index (κ1) is 17.2. The molecule has 4 nitrogen and oxygen atoms in total. The van der Waals surface area contributed by atoms with E-state index in [9.17, 15) is 4.79 Å². The predicted molar refractivity (Wildman–Crippen MR) is 119 cm³/mol. The molecule has 0 spiro atoms. The first-order chi connectivity index (χ1) is 14.7. The van der Waals surface area contributed by atoms with Crippen molar-refractivity contribution in [1.29, 1.82) is 0 Å². The SMILES string of the molecule is O=C1c2ccccc2CN1c1ccc2nc(-c3cccc4c(Cl)cccc34)oc2c1. The molecule has 6 rings (SSSR count). The van der Waals surface area contributed by atoms with Crippen molar-refractivity contribution in [2.45, 2.75) is 6.54 Å². The zero-order valence-electron chi connectivity index (χ0n) is 15.8. The number of hydrogen-bond donors (Lipinski definition) is 0. The summed E-state index contributed by atoms with van der Waals surface area (Å²) in [7, 11) is 0. The average molecular weight is 411 g/mol. The number of carbonyl (C=O) groups excluding carboxylic acids is 1. The molecule has 4 aromatic carbocycles. The second kappa shape index (κ2) is 6.44. The Kier molecular flexibility index (Phi) is 3.70. The quantitative estimate of drug-likeness (QED) is 0.335. The van der Waals surface area contributed by atoms with E-state index >= 15 is 0 Å². The Morgan fingerprint density at radius 2 is 1.67 bits per heavy atom. The number of aromatic nitrogens is 1. The summed E-state index contributed by atoms with van der Waals surface area (Å²) in [6.07, 6.45) is 0. The van der Waals surface area contributed by atoms with E-state index in [1.165, 1.54) is 0 Å². The summed E-state index contributed by atoms with van der Waals surface area (Å²) in [5.41, 5.74) is 4.86. The first-order valence-corrected chi connectivity index (χ1v) is 10.0. The van der Waals surface area contributed by atoms with Gasteiger partial charge in [-0.1, -0.05) is 54.1 Å². The predicted octanol–water partition coefficient (Wildman–Crippen LogP) is 6.46. The molecule has 144 valence electrons. The molecule has 1 aliphatic heterocycles. The maximum absolute atomic E-state index is 12.8. The van der Waals surface area contributed by atoms with Crippen LogP contribution in [-0.2, 0) is 6.54 Å². The van der Waals surface area contributed by atoms with Crippen LogP contribution < -0.4 is 4.90 Å². The van der Waals surface area contributed by atoms with Crippen LogP contribution in [0.5, 0.6) is 0 Å². The highest BCUT2D eigenvalue weighted by molar-refractivity contribution is 6.35. The Labute approximate surface area is 177 Å². The van der Waals surface area contributed by atoms with Crippen LogP contribution in [0, 0.1) is 0 Å². The summed E-state index contributed by atoms with van der Waals surface area (Å²) in [4.78, 5) is 19.2. The minimum atomic E-state index is 0.00776. The molecule has 0 unspecified atom stereocenters. The monoisotopic (exact) mass is 410 g/mol. The third-order valence-corrected chi connectivity index (χ3v) is 5.93. The number of fused-ring (bicyclic) bond motifs is 3. The lowest BCUT2D eigenvalue weighted by atomic mass is 10.0. The Morgan fingerprint density at radius 1 is 0.867 bits per heavy atom. The van der Waals surface area contributed by atoms with Gasteiger partial charge in [-0.05, 0) is 41.3 Å². The summed E-state index contributed by atoms with van der Waals surface area (Å²) in [5, 5.41) is 2.64. The van der Waals surface area contributed by atoms with Crippen molar-refractivity contribution in [2.75, 3.05) is 4.90 Å². The normalized spacial score (nSPS) is 13.4. The van der Waals surface area contributed by atoms with Crippen molar-refractivity contribution >= 4 is 45.1 Å². The van der Waals surface area contributed by atoms with Gasteiger partial charge in [-0.25, -0.2) is 4.98 Å².